The van der Waals surface area contributed by atoms with Gasteiger partial charge >= 0.3 is 12.1 Å². The van der Waals surface area contributed by atoms with E-state index in [2.05, 4.69) is 4.98 Å². The molecular formula is C31H31ClF2N2O7. The molecule has 1 unspecified atom stereocenters. The Bertz CT molecular complexity index is 1560. The SMILES string of the molecule is CC(C)(C)OC(=O)N1CCCC1[C@@]1(c2ccccc2)Cc2c(cc(F)c(Cl)c2-c2c(C(=O)O)cnc(OCCO)c2F)O1. The minimum atomic E-state index is -1.52. The summed E-state index contributed by atoms with van der Waals surface area (Å²) in [7, 11) is 0. The number of carbonyl (C=O) groups is 2. The standard InChI is InChI=1S/C31H31ClF2N2O7/c1-30(2,3)43-29(40)36-11-7-10-22(36)31(17-8-5-4-6-9-17)15-18-21(42-31)14-20(33)25(32)23(18)24-19(28(38)39)16-35-27(26(24)34)41-13-12-37/h4-6,8-9,14,16,22,37H,7,10-13,15H2,1-3H3,(H,38,39)/t22?,31-/m0/s1. The number of amides is 1. The zero-order chi connectivity index (χ0) is 31.1. The van der Waals surface area contributed by atoms with Gasteiger partial charge in [-0.25, -0.2) is 23.4 Å². The van der Waals surface area contributed by atoms with Crippen molar-refractivity contribution in [1.29, 1.82) is 0 Å². The fraction of sp³-hybridized carbons (Fsp3) is 0.387. The summed E-state index contributed by atoms with van der Waals surface area (Å²) in [5, 5.41) is 18.6. The van der Waals surface area contributed by atoms with Gasteiger partial charge in [0.15, 0.2) is 11.4 Å². The van der Waals surface area contributed by atoms with Gasteiger partial charge in [0.05, 0.1) is 23.2 Å². The molecule has 2 N–H and O–H groups in total. The van der Waals surface area contributed by atoms with Crippen LogP contribution in [0.15, 0.2) is 42.6 Å². The number of aliphatic hydroxyl groups excluding tert-OH is 1. The molecule has 1 aromatic heterocycles. The number of benzene rings is 2. The Kier molecular flexibility index (Phi) is 8.24. The lowest BCUT2D eigenvalue weighted by Crippen LogP contribution is -2.53. The van der Waals surface area contributed by atoms with E-state index in [0.717, 1.165) is 12.3 Å². The number of hydrogen-bond acceptors (Lipinski definition) is 7. The number of carboxylic acid groups (broad SMARTS) is 1. The third-order valence-electron chi connectivity index (χ3n) is 7.50. The molecule has 1 saturated heterocycles. The lowest BCUT2D eigenvalue weighted by atomic mass is 9.80. The summed E-state index contributed by atoms with van der Waals surface area (Å²) in [6.07, 6.45) is 1.53. The Morgan fingerprint density at radius 1 is 1.21 bits per heavy atom. The molecule has 3 heterocycles. The molecule has 228 valence electrons. The number of aromatic carboxylic acids is 1. The summed E-state index contributed by atoms with van der Waals surface area (Å²) >= 11 is 6.49. The van der Waals surface area contributed by atoms with E-state index < -0.39 is 69.6 Å². The van der Waals surface area contributed by atoms with Crippen LogP contribution in [0.2, 0.25) is 5.02 Å². The zero-order valence-corrected chi connectivity index (χ0v) is 24.6. The number of rotatable bonds is 7. The fourth-order valence-corrected chi connectivity index (χ4v) is 6.10. The Labute approximate surface area is 252 Å². The van der Waals surface area contributed by atoms with Crippen LogP contribution in [0.3, 0.4) is 0 Å². The minimum absolute atomic E-state index is 0.000698. The molecule has 9 nitrogen and oxygen atoms in total. The molecule has 0 aliphatic carbocycles. The predicted molar refractivity (Wildman–Crippen MR) is 153 cm³/mol. The lowest BCUT2D eigenvalue weighted by molar-refractivity contribution is -0.0216. The summed E-state index contributed by atoms with van der Waals surface area (Å²) in [5.74, 6) is -4.22. The molecule has 43 heavy (non-hydrogen) atoms. The van der Waals surface area contributed by atoms with Gasteiger partial charge in [-0.1, -0.05) is 41.9 Å². The molecule has 12 heteroatoms. The van der Waals surface area contributed by atoms with Gasteiger partial charge in [-0.2, -0.15) is 0 Å². The molecule has 0 spiro atoms. The first kappa shape index (κ1) is 30.5. The normalized spacial score (nSPS) is 19.6. The van der Waals surface area contributed by atoms with Crippen molar-refractivity contribution in [2.75, 3.05) is 19.8 Å². The van der Waals surface area contributed by atoms with Crippen molar-refractivity contribution in [2.24, 2.45) is 0 Å². The van der Waals surface area contributed by atoms with Crippen LogP contribution in [0.25, 0.3) is 11.1 Å². The van der Waals surface area contributed by atoms with Crippen LogP contribution in [0.4, 0.5) is 13.6 Å². The summed E-state index contributed by atoms with van der Waals surface area (Å²) < 4.78 is 49.0. The highest BCUT2D eigenvalue weighted by atomic mass is 35.5. The van der Waals surface area contributed by atoms with Crippen molar-refractivity contribution in [3.8, 4) is 22.8 Å². The van der Waals surface area contributed by atoms with E-state index in [-0.39, 0.29) is 29.9 Å². The quantitative estimate of drug-likeness (QED) is 0.333. The average molecular weight is 617 g/mol. The maximum atomic E-state index is 16.0. The van der Waals surface area contributed by atoms with Gasteiger partial charge in [0, 0.05) is 41.9 Å². The number of fused-ring (bicyclic) bond motifs is 1. The molecule has 2 aromatic carbocycles. The van der Waals surface area contributed by atoms with Gasteiger partial charge in [-0.05, 0) is 39.2 Å². The van der Waals surface area contributed by atoms with Crippen LogP contribution < -0.4 is 9.47 Å². The highest BCUT2D eigenvalue weighted by Gasteiger charge is 2.54. The summed E-state index contributed by atoms with van der Waals surface area (Å²) in [6, 6.07) is 9.59. The molecule has 5 rings (SSSR count). The highest BCUT2D eigenvalue weighted by molar-refractivity contribution is 6.34. The number of pyridine rings is 1. The number of ether oxygens (including phenoxy) is 3. The maximum absolute atomic E-state index is 16.0. The first-order chi connectivity index (χ1) is 20.4. The number of aliphatic hydroxyl groups is 1. The summed E-state index contributed by atoms with van der Waals surface area (Å²) in [4.78, 5) is 31.0. The third-order valence-corrected chi connectivity index (χ3v) is 7.87. The Hall–Kier alpha value is -3.96. The van der Waals surface area contributed by atoms with Crippen LogP contribution in [0.1, 0.15) is 55.1 Å². The molecule has 0 radical (unpaired) electrons. The molecule has 0 bridgehead atoms. The Morgan fingerprint density at radius 3 is 2.58 bits per heavy atom. The fourth-order valence-electron chi connectivity index (χ4n) is 5.83. The van der Waals surface area contributed by atoms with Crippen LogP contribution in [0.5, 0.6) is 11.6 Å². The van der Waals surface area contributed by atoms with Gasteiger partial charge in [0.1, 0.15) is 23.8 Å². The Balaban J connectivity index is 1.71. The lowest BCUT2D eigenvalue weighted by Gasteiger charge is -2.40. The van der Waals surface area contributed by atoms with Crippen molar-refractivity contribution in [2.45, 2.75) is 57.3 Å². The number of halogens is 3. The van der Waals surface area contributed by atoms with E-state index in [0.29, 0.717) is 24.9 Å². The number of nitrogens with zero attached hydrogens (tertiary/aromatic N) is 2. The second kappa shape index (κ2) is 11.6. The second-order valence-electron chi connectivity index (χ2n) is 11.4. The molecule has 2 aliphatic rings. The number of carbonyl (C=O) groups excluding carboxylic acids is 1. The molecule has 3 aromatic rings. The van der Waals surface area contributed by atoms with Crippen LogP contribution in [0, 0.1) is 11.6 Å². The van der Waals surface area contributed by atoms with E-state index in [9.17, 15) is 14.7 Å². The second-order valence-corrected chi connectivity index (χ2v) is 11.8. The van der Waals surface area contributed by atoms with Crippen molar-refractivity contribution in [1.82, 2.24) is 9.88 Å². The maximum Gasteiger partial charge on any atom is 0.410 e. The van der Waals surface area contributed by atoms with Gasteiger partial charge in [-0.15, -0.1) is 0 Å². The Morgan fingerprint density at radius 2 is 1.93 bits per heavy atom. The van der Waals surface area contributed by atoms with Crippen LogP contribution in [-0.2, 0) is 16.8 Å². The smallest absolute Gasteiger partial charge is 0.410 e. The van der Waals surface area contributed by atoms with E-state index in [1.54, 1.807) is 37.8 Å². The van der Waals surface area contributed by atoms with Crippen LogP contribution >= 0.6 is 11.6 Å². The number of hydrogen-bond donors (Lipinski definition) is 2. The molecular weight excluding hydrogens is 586 g/mol. The molecule has 0 saturated carbocycles. The van der Waals surface area contributed by atoms with Gasteiger partial charge in [-0.3, -0.25) is 0 Å². The van der Waals surface area contributed by atoms with Crippen molar-refractivity contribution in [3.63, 3.8) is 0 Å². The molecule has 1 amide bonds. The zero-order valence-electron chi connectivity index (χ0n) is 23.8. The van der Waals surface area contributed by atoms with Crippen molar-refractivity contribution in [3.05, 3.63) is 75.9 Å². The predicted octanol–water partition coefficient (Wildman–Crippen LogP) is 5.98. The van der Waals surface area contributed by atoms with E-state index in [4.69, 9.17) is 30.9 Å². The van der Waals surface area contributed by atoms with E-state index in [1.807, 2.05) is 18.2 Å². The summed E-state index contributed by atoms with van der Waals surface area (Å²) in [6.45, 7) is 4.93. The monoisotopic (exact) mass is 616 g/mol. The molecule has 2 aliphatic heterocycles. The number of carboxylic acids is 1. The van der Waals surface area contributed by atoms with Gasteiger partial charge in [0.2, 0.25) is 0 Å². The van der Waals surface area contributed by atoms with E-state index >= 15 is 8.78 Å². The number of aromatic nitrogens is 1. The van der Waals surface area contributed by atoms with E-state index in [1.165, 1.54) is 0 Å². The number of likely N-dealkylation sites (tertiary alicyclic amines) is 1. The minimum Gasteiger partial charge on any atom is -0.480 e. The van der Waals surface area contributed by atoms with Crippen molar-refractivity contribution >= 4 is 23.7 Å². The average Bonchev–Trinajstić information content (AvgIpc) is 3.59. The largest absolute Gasteiger partial charge is 0.480 e. The van der Waals surface area contributed by atoms with Crippen LogP contribution in [-0.4, -0.2) is 63.6 Å². The van der Waals surface area contributed by atoms with Gasteiger partial charge < -0.3 is 29.3 Å². The first-order valence-corrected chi connectivity index (χ1v) is 14.2. The summed E-state index contributed by atoms with van der Waals surface area (Å²) in [5.41, 5.74) is -2.42. The third kappa shape index (κ3) is 5.59. The highest BCUT2D eigenvalue weighted by Crippen LogP contribution is 2.53. The topological polar surface area (TPSA) is 118 Å². The van der Waals surface area contributed by atoms with Crippen molar-refractivity contribution < 1.29 is 42.8 Å². The first-order valence-electron chi connectivity index (χ1n) is 13.8. The van der Waals surface area contributed by atoms with Gasteiger partial charge in [0.25, 0.3) is 5.88 Å². The molecule has 2 atom stereocenters. The molecule has 1 fully saturated rings.